The van der Waals surface area contributed by atoms with Crippen LogP contribution in [0.15, 0.2) is 24.5 Å². The van der Waals surface area contributed by atoms with Crippen LogP contribution in [0.2, 0.25) is 0 Å². The van der Waals surface area contributed by atoms with Crippen LogP contribution in [-0.2, 0) is 11.3 Å². The zero-order valence-electron chi connectivity index (χ0n) is 13.8. The van der Waals surface area contributed by atoms with Crippen LogP contribution >= 0.6 is 0 Å². The highest BCUT2D eigenvalue weighted by Gasteiger charge is 2.41. The van der Waals surface area contributed by atoms with Crippen LogP contribution in [0.5, 0.6) is 0 Å². The zero-order valence-corrected chi connectivity index (χ0v) is 13.8. The van der Waals surface area contributed by atoms with E-state index in [2.05, 4.69) is 22.0 Å². The van der Waals surface area contributed by atoms with Crippen LogP contribution in [0, 0.1) is 5.41 Å². The van der Waals surface area contributed by atoms with Gasteiger partial charge in [0.25, 0.3) is 0 Å². The molecular formula is C18H27N3O2. The van der Waals surface area contributed by atoms with Crippen molar-refractivity contribution >= 4 is 5.91 Å². The van der Waals surface area contributed by atoms with Gasteiger partial charge in [-0.2, -0.15) is 0 Å². The number of carbonyl (C=O) groups is 1. The monoisotopic (exact) mass is 317 g/mol. The average Bonchev–Trinajstić information content (AvgIpc) is 2.57. The van der Waals surface area contributed by atoms with Gasteiger partial charge in [0.1, 0.15) is 0 Å². The maximum Gasteiger partial charge on any atom is 0.222 e. The molecule has 1 N–H and O–H groups in total. The fraction of sp³-hybridized carbons (Fsp3) is 0.667. The Morgan fingerprint density at radius 1 is 1.22 bits per heavy atom. The molecule has 2 aliphatic rings. The molecule has 1 aromatic rings. The minimum Gasteiger partial charge on any atom is -0.396 e. The van der Waals surface area contributed by atoms with Gasteiger partial charge in [-0.05, 0) is 49.9 Å². The Morgan fingerprint density at radius 3 is 2.83 bits per heavy atom. The number of piperidine rings is 2. The van der Waals surface area contributed by atoms with Crippen molar-refractivity contribution in [1.29, 1.82) is 0 Å². The lowest BCUT2D eigenvalue weighted by Crippen LogP contribution is -2.54. The summed E-state index contributed by atoms with van der Waals surface area (Å²) in [5.74, 6) is 0.260. The molecule has 23 heavy (non-hydrogen) atoms. The Labute approximate surface area is 138 Å². The predicted molar refractivity (Wildman–Crippen MR) is 88.7 cm³/mol. The van der Waals surface area contributed by atoms with Crippen molar-refractivity contribution in [2.24, 2.45) is 5.41 Å². The van der Waals surface area contributed by atoms with E-state index in [-0.39, 0.29) is 17.9 Å². The summed E-state index contributed by atoms with van der Waals surface area (Å²) in [6.07, 6.45) is 8.47. The first-order chi connectivity index (χ1) is 11.2. The molecule has 5 heteroatoms. The SMILES string of the molecule is O=C1CC[C@@]2(CCCN(Cc3ccncc3)C2)CN1CCCO. The van der Waals surface area contributed by atoms with Crippen molar-refractivity contribution in [3.63, 3.8) is 0 Å². The molecule has 1 amide bonds. The van der Waals surface area contributed by atoms with Crippen molar-refractivity contribution in [3.8, 4) is 0 Å². The van der Waals surface area contributed by atoms with Gasteiger partial charge in [0.15, 0.2) is 0 Å². The van der Waals surface area contributed by atoms with E-state index in [1.54, 1.807) is 0 Å². The molecule has 1 atom stereocenters. The molecule has 2 fully saturated rings. The third-order valence-corrected chi connectivity index (χ3v) is 5.23. The Morgan fingerprint density at radius 2 is 2.04 bits per heavy atom. The Kier molecular flexibility index (Phi) is 5.28. The van der Waals surface area contributed by atoms with Gasteiger partial charge in [0.05, 0.1) is 0 Å². The summed E-state index contributed by atoms with van der Waals surface area (Å²) in [5.41, 5.74) is 1.55. The summed E-state index contributed by atoms with van der Waals surface area (Å²) in [4.78, 5) is 20.7. The number of likely N-dealkylation sites (tertiary alicyclic amines) is 2. The zero-order chi connectivity index (χ0) is 16.1. The van der Waals surface area contributed by atoms with Gasteiger partial charge in [-0.15, -0.1) is 0 Å². The molecule has 1 aromatic heterocycles. The summed E-state index contributed by atoms with van der Waals surface area (Å²) in [6, 6.07) is 4.17. The number of aliphatic hydroxyl groups excluding tert-OH is 1. The lowest BCUT2D eigenvalue weighted by atomic mass is 9.73. The topological polar surface area (TPSA) is 56.7 Å². The first kappa shape index (κ1) is 16.4. The molecule has 1 spiro atoms. The van der Waals surface area contributed by atoms with Crippen LogP contribution in [-0.4, -0.2) is 58.6 Å². The molecule has 3 rings (SSSR count). The quantitative estimate of drug-likeness (QED) is 0.897. The third kappa shape index (κ3) is 4.09. The highest BCUT2D eigenvalue weighted by atomic mass is 16.3. The number of aliphatic hydroxyl groups is 1. The van der Waals surface area contributed by atoms with Gasteiger partial charge in [0, 0.05) is 57.0 Å². The molecule has 2 aliphatic heterocycles. The second-order valence-corrected chi connectivity index (χ2v) is 7.06. The van der Waals surface area contributed by atoms with E-state index in [4.69, 9.17) is 5.11 Å². The minimum atomic E-state index is 0.158. The molecule has 0 aromatic carbocycles. The molecule has 0 unspecified atom stereocenters. The second-order valence-electron chi connectivity index (χ2n) is 7.06. The van der Waals surface area contributed by atoms with Crippen LogP contribution in [0.4, 0.5) is 0 Å². The van der Waals surface area contributed by atoms with Crippen LogP contribution in [0.3, 0.4) is 0 Å². The smallest absolute Gasteiger partial charge is 0.222 e. The fourth-order valence-corrected chi connectivity index (χ4v) is 4.09. The second kappa shape index (κ2) is 7.41. The molecule has 3 heterocycles. The van der Waals surface area contributed by atoms with Gasteiger partial charge >= 0.3 is 0 Å². The van der Waals surface area contributed by atoms with Crippen molar-refractivity contribution < 1.29 is 9.90 Å². The average molecular weight is 317 g/mol. The molecule has 0 radical (unpaired) electrons. The van der Waals surface area contributed by atoms with Gasteiger partial charge in [-0.1, -0.05) is 0 Å². The lowest BCUT2D eigenvalue weighted by Gasteiger charge is -2.48. The lowest BCUT2D eigenvalue weighted by molar-refractivity contribution is -0.139. The van der Waals surface area contributed by atoms with Gasteiger partial charge in [-0.25, -0.2) is 0 Å². The van der Waals surface area contributed by atoms with Crippen molar-refractivity contribution in [2.75, 3.05) is 32.8 Å². The number of rotatable bonds is 5. The Bertz CT molecular complexity index is 522. The molecular weight excluding hydrogens is 290 g/mol. The van der Waals surface area contributed by atoms with E-state index < -0.39 is 0 Å². The number of nitrogens with zero attached hydrogens (tertiary/aromatic N) is 3. The van der Waals surface area contributed by atoms with Crippen LogP contribution in [0.25, 0.3) is 0 Å². The molecule has 2 saturated heterocycles. The van der Waals surface area contributed by atoms with Gasteiger partial charge < -0.3 is 10.0 Å². The van der Waals surface area contributed by atoms with Crippen LogP contribution in [0.1, 0.15) is 37.7 Å². The first-order valence-corrected chi connectivity index (χ1v) is 8.71. The van der Waals surface area contributed by atoms with Crippen molar-refractivity contribution in [3.05, 3.63) is 30.1 Å². The van der Waals surface area contributed by atoms with E-state index in [0.717, 1.165) is 32.6 Å². The number of aromatic nitrogens is 1. The Hall–Kier alpha value is -1.46. The van der Waals surface area contributed by atoms with Crippen molar-refractivity contribution in [1.82, 2.24) is 14.8 Å². The number of hydrogen-bond donors (Lipinski definition) is 1. The minimum absolute atomic E-state index is 0.158. The molecule has 126 valence electrons. The number of hydrogen-bond acceptors (Lipinski definition) is 4. The van der Waals surface area contributed by atoms with E-state index >= 15 is 0 Å². The maximum absolute atomic E-state index is 12.1. The largest absolute Gasteiger partial charge is 0.396 e. The van der Waals surface area contributed by atoms with E-state index in [0.29, 0.717) is 19.4 Å². The van der Waals surface area contributed by atoms with Gasteiger partial charge in [0.2, 0.25) is 5.91 Å². The third-order valence-electron chi connectivity index (χ3n) is 5.23. The molecule has 0 saturated carbocycles. The Balaban J connectivity index is 1.63. The first-order valence-electron chi connectivity index (χ1n) is 8.71. The van der Waals surface area contributed by atoms with E-state index in [1.807, 2.05) is 17.3 Å². The fourth-order valence-electron chi connectivity index (χ4n) is 4.09. The van der Waals surface area contributed by atoms with Gasteiger partial charge in [-0.3, -0.25) is 14.7 Å². The molecule has 0 aliphatic carbocycles. The summed E-state index contributed by atoms with van der Waals surface area (Å²) in [5, 5.41) is 9.04. The maximum atomic E-state index is 12.1. The summed E-state index contributed by atoms with van der Waals surface area (Å²) >= 11 is 0. The number of pyridine rings is 1. The standard InChI is InChI=1S/C18H27N3O2/c22-12-2-11-21-15-18(7-3-17(21)23)6-1-10-20(14-18)13-16-4-8-19-9-5-16/h4-5,8-9,22H,1-3,6-7,10-15H2/t18-/m1/s1. The highest BCUT2D eigenvalue weighted by molar-refractivity contribution is 5.77. The summed E-state index contributed by atoms with van der Waals surface area (Å²) in [6.45, 7) is 4.88. The summed E-state index contributed by atoms with van der Waals surface area (Å²) < 4.78 is 0. The van der Waals surface area contributed by atoms with Crippen LogP contribution < -0.4 is 0 Å². The number of carbonyl (C=O) groups excluding carboxylic acids is 1. The number of amides is 1. The summed E-state index contributed by atoms with van der Waals surface area (Å²) in [7, 11) is 0. The van der Waals surface area contributed by atoms with E-state index in [9.17, 15) is 4.79 Å². The van der Waals surface area contributed by atoms with Crippen molar-refractivity contribution in [2.45, 2.75) is 38.6 Å². The normalized spacial score (nSPS) is 26.0. The van der Waals surface area contributed by atoms with E-state index in [1.165, 1.54) is 18.4 Å². The predicted octanol–water partition coefficient (Wildman–Crippen LogP) is 1.67. The molecule has 5 nitrogen and oxygen atoms in total. The highest BCUT2D eigenvalue weighted by Crippen LogP contribution is 2.39. The molecule has 0 bridgehead atoms.